The Labute approximate surface area is 140 Å². The number of carbonyl (C=O) groups excluding carboxylic acids is 2. The molecule has 1 aliphatic rings. The van der Waals surface area contributed by atoms with E-state index in [-0.39, 0.29) is 18.4 Å². The van der Waals surface area contributed by atoms with Gasteiger partial charge in [-0.3, -0.25) is 9.59 Å². The highest BCUT2D eigenvalue weighted by molar-refractivity contribution is 6.04. The fraction of sp³-hybridized carbons (Fsp3) is 0.333. The SMILES string of the molecule is NCc1cc(C(=O)Nc2cccc(CN3CCCCC3=O)c2)co1. The smallest absolute Gasteiger partial charge is 0.258 e. The Hall–Kier alpha value is -2.60. The van der Waals surface area contributed by atoms with E-state index >= 15 is 0 Å². The van der Waals surface area contributed by atoms with E-state index in [0.29, 0.717) is 30.0 Å². The molecule has 1 aromatic carbocycles. The van der Waals surface area contributed by atoms with Crippen LogP contribution >= 0.6 is 0 Å². The first-order valence-corrected chi connectivity index (χ1v) is 8.11. The van der Waals surface area contributed by atoms with Gasteiger partial charge in [-0.25, -0.2) is 0 Å². The van der Waals surface area contributed by atoms with Gasteiger partial charge in [0.15, 0.2) is 0 Å². The molecular weight excluding hydrogens is 306 g/mol. The highest BCUT2D eigenvalue weighted by Crippen LogP contribution is 2.18. The molecule has 0 saturated carbocycles. The number of piperidine rings is 1. The van der Waals surface area contributed by atoms with Crippen LogP contribution in [0.5, 0.6) is 0 Å². The van der Waals surface area contributed by atoms with Gasteiger partial charge in [-0.2, -0.15) is 0 Å². The largest absolute Gasteiger partial charge is 0.467 e. The lowest BCUT2D eigenvalue weighted by Crippen LogP contribution is -2.34. The summed E-state index contributed by atoms with van der Waals surface area (Å²) in [6.45, 7) is 1.63. The van der Waals surface area contributed by atoms with Crippen molar-refractivity contribution in [2.45, 2.75) is 32.4 Å². The summed E-state index contributed by atoms with van der Waals surface area (Å²) in [5.41, 5.74) is 7.61. The van der Waals surface area contributed by atoms with Gasteiger partial charge in [-0.05, 0) is 36.6 Å². The zero-order valence-electron chi connectivity index (χ0n) is 13.5. The second kappa shape index (κ2) is 7.31. The molecule has 6 nitrogen and oxygen atoms in total. The molecule has 2 heterocycles. The molecule has 1 fully saturated rings. The molecule has 2 aromatic rings. The lowest BCUT2D eigenvalue weighted by Gasteiger charge is -2.26. The molecule has 3 N–H and O–H groups in total. The van der Waals surface area contributed by atoms with Gasteiger partial charge in [-0.15, -0.1) is 0 Å². The lowest BCUT2D eigenvalue weighted by molar-refractivity contribution is -0.133. The van der Waals surface area contributed by atoms with E-state index in [1.807, 2.05) is 29.2 Å². The standard InChI is InChI=1S/C18H21N3O3/c19-10-16-9-14(12-24-16)18(23)20-15-5-3-4-13(8-15)11-21-7-2-1-6-17(21)22/h3-5,8-9,12H,1-2,6-7,10-11,19H2,(H,20,23). The van der Waals surface area contributed by atoms with Crippen molar-refractivity contribution in [3.8, 4) is 0 Å². The van der Waals surface area contributed by atoms with Crippen LogP contribution in [-0.4, -0.2) is 23.3 Å². The minimum absolute atomic E-state index is 0.198. The van der Waals surface area contributed by atoms with Crippen LogP contribution in [0.1, 0.15) is 40.9 Å². The number of amides is 2. The van der Waals surface area contributed by atoms with E-state index in [1.165, 1.54) is 6.26 Å². The van der Waals surface area contributed by atoms with Gasteiger partial charge < -0.3 is 20.4 Å². The van der Waals surface area contributed by atoms with Gasteiger partial charge in [0, 0.05) is 25.2 Å². The molecule has 24 heavy (non-hydrogen) atoms. The van der Waals surface area contributed by atoms with Crippen LogP contribution in [-0.2, 0) is 17.9 Å². The molecule has 126 valence electrons. The zero-order chi connectivity index (χ0) is 16.9. The Bertz CT molecular complexity index is 739. The second-order valence-electron chi connectivity index (χ2n) is 5.93. The fourth-order valence-electron chi connectivity index (χ4n) is 2.81. The molecule has 1 saturated heterocycles. The van der Waals surface area contributed by atoms with Crippen molar-refractivity contribution < 1.29 is 14.0 Å². The van der Waals surface area contributed by atoms with Crippen LogP contribution in [0.3, 0.4) is 0 Å². The third kappa shape index (κ3) is 3.83. The number of nitrogens with one attached hydrogen (secondary N) is 1. The van der Waals surface area contributed by atoms with Gasteiger partial charge in [-0.1, -0.05) is 12.1 Å². The quantitative estimate of drug-likeness (QED) is 0.883. The summed E-state index contributed by atoms with van der Waals surface area (Å²) in [6, 6.07) is 9.18. The van der Waals surface area contributed by atoms with Crippen molar-refractivity contribution >= 4 is 17.5 Å². The summed E-state index contributed by atoms with van der Waals surface area (Å²) in [5, 5.41) is 2.84. The molecule has 0 aliphatic carbocycles. The summed E-state index contributed by atoms with van der Waals surface area (Å²) in [7, 11) is 0. The molecule has 6 heteroatoms. The van der Waals surface area contributed by atoms with Crippen molar-refractivity contribution in [2.24, 2.45) is 5.73 Å². The summed E-state index contributed by atoms with van der Waals surface area (Å²) in [6.07, 6.45) is 4.04. The maximum atomic E-state index is 12.2. The Morgan fingerprint density at radius 1 is 1.29 bits per heavy atom. The number of carbonyl (C=O) groups is 2. The third-order valence-corrected chi connectivity index (χ3v) is 4.10. The van der Waals surface area contributed by atoms with Gasteiger partial charge >= 0.3 is 0 Å². The Balaban J connectivity index is 1.66. The first-order valence-electron chi connectivity index (χ1n) is 8.11. The van der Waals surface area contributed by atoms with Gasteiger partial charge in [0.2, 0.25) is 5.91 Å². The van der Waals surface area contributed by atoms with Crippen LogP contribution in [0.2, 0.25) is 0 Å². The van der Waals surface area contributed by atoms with Gasteiger partial charge in [0.1, 0.15) is 12.0 Å². The monoisotopic (exact) mass is 327 g/mol. The first-order chi connectivity index (χ1) is 11.7. The first kappa shape index (κ1) is 16.3. The van der Waals surface area contributed by atoms with Gasteiger partial charge in [0.05, 0.1) is 12.1 Å². The number of anilines is 1. The van der Waals surface area contributed by atoms with Crippen molar-refractivity contribution in [3.05, 3.63) is 53.5 Å². The number of benzene rings is 1. The predicted molar refractivity (Wildman–Crippen MR) is 90.3 cm³/mol. The molecule has 0 radical (unpaired) electrons. The average molecular weight is 327 g/mol. The molecule has 3 rings (SSSR count). The van der Waals surface area contributed by atoms with E-state index < -0.39 is 0 Å². The van der Waals surface area contributed by atoms with E-state index in [1.54, 1.807) is 6.07 Å². The molecule has 0 atom stereocenters. The van der Waals surface area contributed by atoms with Crippen LogP contribution in [0.4, 0.5) is 5.69 Å². The molecule has 1 aliphatic heterocycles. The lowest BCUT2D eigenvalue weighted by atomic mass is 10.1. The highest BCUT2D eigenvalue weighted by atomic mass is 16.3. The average Bonchev–Trinajstić information content (AvgIpc) is 3.07. The molecular formula is C18H21N3O3. The molecule has 0 unspecified atom stereocenters. The number of rotatable bonds is 5. The maximum absolute atomic E-state index is 12.2. The number of nitrogens with two attached hydrogens (primary N) is 1. The van der Waals surface area contributed by atoms with Crippen molar-refractivity contribution in [1.29, 1.82) is 0 Å². The minimum atomic E-state index is -0.246. The number of likely N-dealkylation sites (tertiary alicyclic amines) is 1. The number of hydrogen-bond donors (Lipinski definition) is 2. The minimum Gasteiger partial charge on any atom is -0.467 e. The van der Waals surface area contributed by atoms with E-state index in [9.17, 15) is 9.59 Å². The zero-order valence-corrected chi connectivity index (χ0v) is 13.5. The summed E-state index contributed by atoms with van der Waals surface area (Å²) in [4.78, 5) is 26.0. The molecule has 1 aromatic heterocycles. The van der Waals surface area contributed by atoms with E-state index in [2.05, 4.69) is 5.32 Å². The van der Waals surface area contributed by atoms with Crippen molar-refractivity contribution in [2.75, 3.05) is 11.9 Å². The normalized spacial score (nSPS) is 14.7. The summed E-state index contributed by atoms with van der Waals surface area (Å²) < 4.78 is 5.18. The molecule has 0 spiro atoms. The highest BCUT2D eigenvalue weighted by Gasteiger charge is 2.18. The van der Waals surface area contributed by atoms with Crippen LogP contribution in [0, 0.1) is 0 Å². The maximum Gasteiger partial charge on any atom is 0.258 e. The Morgan fingerprint density at radius 3 is 2.92 bits per heavy atom. The van der Waals surface area contributed by atoms with Crippen LogP contribution < -0.4 is 11.1 Å². The van der Waals surface area contributed by atoms with Crippen LogP contribution in [0.15, 0.2) is 41.0 Å². The second-order valence-corrected chi connectivity index (χ2v) is 5.93. The number of hydrogen-bond acceptors (Lipinski definition) is 4. The predicted octanol–water partition coefficient (Wildman–Crippen LogP) is 2.50. The number of nitrogens with zero attached hydrogens (tertiary/aromatic N) is 1. The summed E-state index contributed by atoms with van der Waals surface area (Å²) in [5.74, 6) is 0.519. The van der Waals surface area contributed by atoms with Crippen molar-refractivity contribution in [3.63, 3.8) is 0 Å². The Morgan fingerprint density at radius 2 is 2.17 bits per heavy atom. The van der Waals surface area contributed by atoms with E-state index in [0.717, 1.165) is 24.9 Å². The van der Waals surface area contributed by atoms with Crippen LogP contribution in [0.25, 0.3) is 0 Å². The Kier molecular flexibility index (Phi) is 4.96. The number of furan rings is 1. The van der Waals surface area contributed by atoms with Crippen molar-refractivity contribution in [1.82, 2.24) is 4.90 Å². The summed E-state index contributed by atoms with van der Waals surface area (Å²) >= 11 is 0. The molecule has 2 amide bonds. The fourth-order valence-corrected chi connectivity index (χ4v) is 2.81. The molecule has 0 bridgehead atoms. The van der Waals surface area contributed by atoms with Gasteiger partial charge in [0.25, 0.3) is 5.91 Å². The van der Waals surface area contributed by atoms with E-state index in [4.69, 9.17) is 10.2 Å². The topological polar surface area (TPSA) is 88.6 Å². The third-order valence-electron chi connectivity index (χ3n) is 4.10.